The van der Waals surface area contributed by atoms with Gasteiger partial charge in [0.25, 0.3) is 0 Å². The molecule has 3 nitrogen and oxygen atoms in total. The number of hydrogen-bond donors (Lipinski definition) is 2. The van der Waals surface area contributed by atoms with E-state index in [0.29, 0.717) is 19.0 Å². The summed E-state index contributed by atoms with van der Waals surface area (Å²) in [7, 11) is 0. The van der Waals surface area contributed by atoms with E-state index in [1.165, 1.54) is 11.1 Å². The first kappa shape index (κ1) is 16.7. The minimum absolute atomic E-state index is 0.338. The average molecular weight is 298 g/mol. The lowest BCUT2D eigenvalue weighted by atomic mass is 10.0. The van der Waals surface area contributed by atoms with E-state index in [-0.39, 0.29) is 6.10 Å². The molecule has 2 aromatic rings. The van der Waals surface area contributed by atoms with Crippen LogP contribution in [-0.2, 0) is 12.8 Å². The Bertz CT molecular complexity index is 515. The highest BCUT2D eigenvalue weighted by Crippen LogP contribution is 2.07. The fourth-order valence-electron chi connectivity index (χ4n) is 2.60. The Balaban J connectivity index is 1.71. The summed E-state index contributed by atoms with van der Waals surface area (Å²) < 4.78 is 0. The van der Waals surface area contributed by atoms with Crippen LogP contribution in [0.15, 0.2) is 54.9 Å². The number of aromatic nitrogens is 1. The van der Waals surface area contributed by atoms with Gasteiger partial charge in [0.15, 0.2) is 0 Å². The number of aryl methyl sites for hydroxylation is 1. The summed E-state index contributed by atoms with van der Waals surface area (Å²) in [5.74, 6) is 0. The maximum atomic E-state index is 10.2. The zero-order chi connectivity index (χ0) is 15.6. The molecule has 3 heteroatoms. The Labute approximate surface area is 133 Å². The molecule has 0 amide bonds. The number of rotatable bonds is 9. The van der Waals surface area contributed by atoms with Crippen LogP contribution in [0.5, 0.6) is 0 Å². The minimum Gasteiger partial charge on any atom is -0.391 e. The van der Waals surface area contributed by atoms with Crippen molar-refractivity contribution < 1.29 is 5.11 Å². The quantitative estimate of drug-likeness (QED) is 0.748. The van der Waals surface area contributed by atoms with E-state index >= 15 is 0 Å². The van der Waals surface area contributed by atoms with Crippen LogP contribution in [0.4, 0.5) is 0 Å². The zero-order valence-corrected chi connectivity index (χ0v) is 13.3. The van der Waals surface area contributed by atoms with Crippen LogP contribution in [0, 0.1) is 0 Å². The molecule has 0 radical (unpaired) electrons. The fraction of sp³-hybridized carbons (Fsp3) is 0.421. The molecule has 22 heavy (non-hydrogen) atoms. The van der Waals surface area contributed by atoms with Gasteiger partial charge >= 0.3 is 0 Å². The predicted octanol–water partition coefficient (Wildman–Crippen LogP) is 2.99. The minimum atomic E-state index is -0.338. The van der Waals surface area contributed by atoms with Crippen molar-refractivity contribution in [3.05, 3.63) is 66.0 Å². The number of hydrogen-bond acceptors (Lipinski definition) is 3. The molecule has 0 aliphatic heterocycles. The standard InChI is InChI=1S/C19H26N2O/c1-2-18(11-10-17-9-6-12-20-14-17)21-15-19(22)13-16-7-4-3-5-8-16/h3-9,12,14,18-19,21-22H,2,10-11,13,15H2,1H3. The predicted molar refractivity (Wildman–Crippen MR) is 90.8 cm³/mol. The second-order valence-corrected chi connectivity index (χ2v) is 5.76. The van der Waals surface area contributed by atoms with Gasteiger partial charge in [0, 0.05) is 25.0 Å². The molecular formula is C19H26N2O. The third-order valence-corrected chi connectivity index (χ3v) is 3.95. The van der Waals surface area contributed by atoms with Gasteiger partial charge in [-0.2, -0.15) is 0 Å². The highest BCUT2D eigenvalue weighted by atomic mass is 16.3. The van der Waals surface area contributed by atoms with Crippen molar-refractivity contribution in [3.63, 3.8) is 0 Å². The summed E-state index contributed by atoms with van der Waals surface area (Å²) in [5, 5.41) is 13.6. The van der Waals surface area contributed by atoms with Gasteiger partial charge in [0.05, 0.1) is 6.10 Å². The Morgan fingerprint density at radius 1 is 1.09 bits per heavy atom. The second kappa shape index (κ2) is 9.34. The number of pyridine rings is 1. The van der Waals surface area contributed by atoms with Crippen LogP contribution in [0.25, 0.3) is 0 Å². The maximum Gasteiger partial charge on any atom is 0.0704 e. The van der Waals surface area contributed by atoms with Gasteiger partial charge < -0.3 is 10.4 Å². The molecule has 2 N–H and O–H groups in total. The van der Waals surface area contributed by atoms with E-state index in [4.69, 9.17) is 0 Å². The van der Waals surface area contributed by atoms with Crippen LogP contribution < -0.4 is 5.32 Å². The molecule has 0 bridgehead atoms. The summed E-state index contributed by atoms with van der Waals surface area (Å²) in [4.78, 5) is 4.15. The highest BCUT2D eigenvalue weighted by Gasteiger charge is 2.10. The van der Waals surface area contributed by atoms with E-state index in [0.717, 1.165) is 19.3 Å². The lowest BCUT2D eigenvalue weighted by Gasteiger charge is -2.19. The van der Waals surface area contributed by atoms with Crippen LogP contribution >= 0.6 is 0 Å². The van der Waals surface area contributed by atoms with E-state index in [1.54, 1.807) is 6.20 Å². The van der Waals surface area contributed by atoms with Gasteiger partial charge in [-0.15, -0.1) is 0 Å². The molecular weight excluding hydrogens is 272 g/mol. The molecule has 1 aromatic heterocycles. The maximum absolute atomic E-state index is 10.2. The first-order valence-corrected chi connectivity index (χ1v) is 8.12. The van der Waals surface area contributed by atoms with Gasteiger partial charge in [0.2, 0.25) is 0 Å². The van der Waals surface area contributed by atoms with Crippen LogP contribution in [0.2, 0.25) is 0 Å². The molecule has 1 aromatic carbocycles. The highest BCUT2D eigenvalue weighted by molar-refractivity contribution is 5.15. The smallest absolute Gasteiger partial charge is 0.0704 e. The molecule has 0 aliphatic carbocycles. The van der Waals surface area contributed by atoms with E-state index < -0.39 is 0 Å². The van der Waals surface area contributed by atoms with Crippen molar-refractivity contribution in [1.82, 2.24) is 10.3 Å². The van der Waals surface area contributed by atoms with Gasteiger partial charge in [-0.25, -0.2) is 0 Å². The Kier molecular flexibility index (Phi) is 7.07. The first-order valence-electron chi connectivity index (χ1n) is 8.12. The van der Waals surface area contributed by atoms with Crippen molar-refractivity contribution in [1.29, 1.82) is 0 Å². The van der Waals surface area contributed by atoms with Gasteiger partial charge in [-0.1, -0.05) is 43.3 Å². The molecule has 2 rings (SSSR count). The van der Waals surface area contributed by atoms with Crippen molar-refractivity contribution in [2.45, 2.75) is 44.8 Å². The second-order valence-electron chi connectivity index (χ2n) is 5.76. The lowest BCUT2D eigenvalue weighted by molar-refractivity contribution is 0.166. The molecule has 2 atom stereocenters. The Morgan fingerprint density at radius 2 is 1.86 bits per heavy atom. The van der Waals surface area contributed by atoms with E-state index in [2.05, 4.69) is 35.4 Å². The van der Waals surface area contributed by atoms with Crippen LogP contribution in [-0.4, -0.2) is 28.8 Å². The van der Waals surface area contributed by atoms with Crippen molar-refractivity contribution in [2.75, 3.05) is 6.54 Å². The molecule has 0 aliphatic rings. The van der Waals surface area contributed by atoms with E-state index in [1.807, 2.05) is 30.5 Å². The summed E-state index contributed by atoms with van der Waals surface area (Å²) in [6.07, 6.45) is 7.25. The van der Waals surface area contributed by atoms with Gasteiger partial charge in [-0.3, -0.25) is 4.98 Å². The lowest BCUT2D eigenvalue weighted by Crippen LogP contribution is -2.36. The number of nitrogens with one attached hydrogen (secondary N) is 1. The number of benzene rings is 1. The van der Waals surface area contributed by atoms with Gasteiger partial charge in [-0.05, 0) is 42.9 Å². The molecule has 0 saturated carbocycles. The van der Waals surface area contributed by atoms with E-state index in [9.17, 15) is 5.11 Å². The van der Waals surface area contributed by atoms with Crippen LogP contribution in [0.1, 0.15) is 30.9 Å². The monoisotopic (exact) mass is 298 g/mol. The van der Waals surface area contributed by atoms with Crippen molar-refractivity contribution in [2.24, 2.45) is 0 Å². The van der Waals surface area contributed by atoms with Crippen LogP contribution in [0.3, 0.4) is 0 Å². The SMILES string of the molecule is CCC(CCc1cccnc1)NCC(O)Cc1ccccc1. The average Bonchev–Trinajstić information content (AvgIpc) is 2.57. The molecule has 2 unspecified atom stereocenters. The van der Waals surface area contributed by atoms with Crippen molar-refractivity contribution in [3.8, 4) is 0 Å². The molecule has 118 valence electrons. The van der Waals surface area contributed by atoms with Gasteiger partial charge in [0.1, 0.15) is 0 Å². The molecule has 0 fully saturated rings. The Hall–Kier alpha value is -1.71. The largest absolute Gasteiger partial charge is 0.391 e. The molecule has 0 spiro atoms. The molecule has 0 saturated heterocycles. The summed E-state index contributed by atoms with van der Waals surface area (Å²) in [6, 6.07) is 14.7. The van der Waals surface area contributed by atoms with Crippen molar-refractivity contribution >= 4 is 0 Å². The normalized spacial score (nSPS) is 13.7. The zero-order valence-electron chi connectivity index (χ0n) is 13.3. The summed E-state index contributed by atoms with van der Waals surface area (Å²) in [6.45, 7) is 2.82. The number of nitrogens with zero attached hydrogens (tertiary/aromatic N) is 1. The fourth-order valence-corrected chi connectivity index (χ4v) is 2.60. The number of aliphatic hydroxyl groups excluding tert-OH is 1. The third kappa shape index (κ3) is 5.96. The summed E-state index contributed by atoms with van der Waals surface area (Å²) in [5.41, 5.74) is 2.45. The Morgan fingerprint density at radius 3 is 2.55 bits per heavy atom. The molecule has 1 heterocycles. The first-order chi connectivity index (χ1) is 10.8. The third-order valence-electron chi connectivity index (χ3n) is 3.95. The summed E-state index contributed by atoms with van der Waals surface area (Å²) >= 11 is 0. The topological polar surface area (TPSA) is 45.2 Å². The number of aliphatic hydroxyl groups is 1.